The summed E-state index contributed by atoms with van der Waals surface area (Å²) >= 11 is 1.69. The number of pyridine rings is 1. The van der Waals surface area contributed by atoms with Crippen LogP contribution in [0.5, 0.6) is 5.75 Å². The number of carbonyl (C=O) groups excluding carboxylic acids is 1. The van der Waals surface area contributed by atoms with E-state index >= 15 is 0 Å². The standard InChI is InChI=1S/C25H31N5O4S/c26-20(31)13-15-1-6-19-23(15)24-18(14-22(28-25(24)35-19)27-21-7-10-33-29-21)34-17-4-2-16(3-5-17)30-8-11-32-12-9-30/h7,10,14-17H,1-6,8-9,11-13H2,(H2,26,31)(H,27,28,29)/t15-,16?,17?/m1/s1. The number of aryl methyl sites for hydroxylation is 1. The average molecular weight is 498 g/mol. The fraction of sp³-hybridized carbons (Fsp3) is 0.560. The molecule has 10 heteroatoms. The molecule has 0 bridgehead atoms. The number of hydrogen-bond donors (Lipinski definition) is 2. The van der Waals surface area contributed by atoms with Crippen molar-refractivity contribution in [2.75, 3.05) is 31.6 Å². The Kier molecular flexibility index (Phi) is 6.34. The number of morpholine rings is 1. The summed E-state index contributed by atoms with van der Waals surface area (Å²) in [6.45, 7) is 3.73. The second-order valence-electron chi connectivity index (χ2n) is 9.74. The lowest BCUT2D eigenvalue weighted by molar-refractivity contribution is -0.118. The van der Waals surface area contributed by atoms with E-state index in [0.29, 0.717) is 24.1 Å². The summed E-state index contributed by atoms with van der Waals surface area (Å²) < 4.78 is 17.2. The van der Waals surface area contributed by atoms with Crippen LogP contribution in [0.15, 0.2) is 22.9 Å². The van der Waals surface area contributed by atoms with Crippen molar-refractivity contribution in [3.63, 3.8) is 0 Å². The van der Waals surface area contributed by atoms with E-state index in [-0.39, 0.29) is 17.9 Å². The number of anilines is 2. The molecule has 3 aromatic rings. The zero-order valence-corrected chi connectivity index (χ0v) is 20.5. The fourth-order valence-corrected chi connectivity index (χ4v) is 7.15. The number of hydrogen-bond acceptors (Lipinski definition) is 9. The molecular formula is C25H31N5O4S. The van der Waals surface area contributed by atoms with Crippen LogP contribution in [0.25, 0.3) is 10.2 Å². The Hall–Kier alpha value is -2.69. The van der Waals surface area contributed by atoms with Gasteiger partial charge in [0.05, 0.1) is 24.7 Å². The molecule has 2 fully saturated rings. The van der Waals surface area contributed by atoms with Crippen LogP contribution in [-0.2, 0) is 16.0 Å². The number of amides is 1. The van der Waals surface area contributed by atoms with Gasteiger partial charge in [0.25, 0.3) is 0 Å². The highest BCUT2D eigenvalue weighted by atomic mass is 32.1. The quantitative estimate of drug-likeness (QED) is 0.504. The van der Waals surface area contributed by atoms with Crippen molar-refractivity contribution in [1.29, 1.82) is 0 Å². The first-order chi connectivity index (χ1) is 17.1. The highest BCUT2D eigenvalue weighted by Crippen LogP contribution is 2.49. The molecule has 3 aliphatic rings. The summed E-state index contributed by atoms with van der Waals surface area (Å²) in [6.07, 6.45) is 8.26. The maximum Gasteiger partial charge on any atom is 0.218 e. The second kappa shape index (κ2) is 9.75. The third-order valence-corrected chi connectivity index (χ3v) is 8.67. The van der Waals surface area contributed by atoms with Crippen LogP contribution in [0.1, 0.15) is 54.9 Å². The highest BCUT2D eigenvalue weighted by Gasteiger charge is 2.33. The monoisotopic (exact) mass is 497 g/mol. The van der Waals surface area contributed by atoms with Crippen LogP contribution in [0.2, 0.25) is 0 Å². The van der Waals surface area contributed by atoms with E-state index in [0.717, 1.165) is 80.8 Å². The van der Waals surface area contributed by atoms with E-state index in [1.165, 1.54) is 16.7 Å². The van der Waals surface area contributed by atoms with Gasteiger partial charge in [-0.25, -0.2) is 4.98 Å². The zero-order valence-electron chi connectivity index (χ0n) is 19.7. The number of nitrogens with zero attached hydrogens (tertiary/aromatic N) is 3. The Morgan fingerprint density at radius 3 is 2.77 bits per heavy atom. The smallest absolute Gasteiger partial charge is 0.218 e. The van der Waals surface area contributed by atoms with Crippen molar-refractivity contribution in [1.82, 2.24) is 15.0 Å². The third kappa shape index (κ3) is 4.74. The minimum absolute atomic E-state index is 0.131. The molecule has 9 nitrogen and oxygen atoms in total. The molecule has 6 rings (SSSR count). The average Bonchev–Trinajstić information content (AvgIpc) is 3.58. The lowest BCUT2D eigenvalue weighted by atomic mass is 9.91. The maximum atomic E-state index is 11.8. The molecule has 3 aromatic heterocycles. The topological polar surface area (TPSA) is 116 Å². The van der Waals surface area contributed by atoms with Gasteiger partial charge in [0, 0.05) is 42.6 Å². The molecule has 35 heavy (non-hydrogen) atoms. The van der Waals surface area contributed by atoms with Crippen molar-refractivity contribution in [3.05, 3.63) is 28.8 Å². The van der Waals surface area contributed by atoms with Gasteiger partial charge in [0.15, 0.2) is 5.82 Å². The molecule has 1 atom stereocenters. The number of fused-ring (bicyclic) bond motifs is 3. The van der Waals surface area contributed by atoms with Crippen LogP contribution in [0.3, 0.4) is 0 Å². The molecule has 186 valence electrons. The summed E-state index contributed by atoms with van der Waals surface area (Å²) in [4.78, 5) is 21.4. The molecule has 2 aliphatic carbocycles. The van der Waals surface area contributed by atoms with Gasteiger partial charge in [-0.1, -0.05) is 5.16 Å². The third-order valence-electron chi connectivity index (χ3n) is 7.51. The number of thiophene rings is 1. The number of ether oxygens (including phenoxy) is 2. The van der Waals surface area contributed by atoms with Crippen molar-refractivity contribution >= 4 is 39.1 Å². The van der Waals surface area contributed by atoms with Gasteiger partial charge in [-0.05, 0) is 50.0 Å². The fourth-order valence-electron chi connectivity index (χ4n) is 5.86. The first-order valence-electron chi connectivity index (χ1n) is 12.5. The Morgan fingerprint density at radius 1 is 1.20 bits per heavy atom. The number of nitrogens with two attached hydrogens (primary N) is 1. The van der Waals surface area contributed by atoms with E-state index < -0.39 is 0 Å². The largest absolute Gasteiger partial charge is 0.490 e. The van der Waals surface area contributed by atoms with Gasteiger partial charge in [0.1, 0.15) is 22.7 Å². The van der Waals surface area contributed by atoms with E-state index in [4.69, 9.17) is 24.7 Å². The van der Waals surface area contributed by atoms with Gasteiger partial charge in [0.2, 0.25) is 5.91 Å². The lowest BCUT2D eigenvalue weighted by Gasteiger charge is -2.38. The van der Waals surface area contributed by atoms with Crippen LogP contribution in [0, 0.1) is 0 Å². The van der Waals surface area contributed by atoms with Gasteiger partial charge < -0.3 is 25.0 Å². The van der Waals surface area contributed by atoms with Crippen LogP contribution in [0.4, 0.5) is 11.6 Å². The predicted octanol–water partition coefficient (Wildman–Crippen LogP) is 3.96. The van der Waals surface area contributed by atoms with E-state index in [1.54, 1.807) is 17.4 Å². The lowest BCUT2D eigenvalue weighted by Crippen LogP contribution is -2.46. The molecular weight excluding hydrogens is 466 g/mol. The van der Waals surface area contributed by atoms with Crippen LogP contribution < -0.4 is 15.8 Å². The van der Waals surface area contributed by atoms with Crippen molar-refractivity contribution in [3.8, 4) is 5.75 Å². The summed E-state index contributed by atoms with van der Waals surface area (Å²) in [5.74, 6) is 1.99. The molecule has 0 aromatic carbocycles. The van der Waals surface area contributed by atoms with Gasteiger partial charge in [-0.2, -0.15) is 0 Å². The van der Waals surface area contributed by atoms with E-state index in [9.17, 15) is 4.79 Å². The van der Waals surface area contributed by atoms with Crippen molar-refractivity contribution < 1.29 is 18.8 Å². The zero-order chi connectivity index (χ0) is 23.8. The number of aromatic nitrogens is 2. The normalized spacial score (nSPS) is 25.0. The van der Waals surface area contributed by atoms with Gasteiger partial charge >= 0.3 is 0 Å². The Balaban J connectivity index is 1.28. The number of nitrogens with one attached hydrogen (secondary N) is 1. The van der Waals surface area contributed by atoms with Gasteiger partial charge in [-0.3, -0.25) is 9.69 Å². The molecule has 0 spiro atoms. The van der Waals surface area contributed by atoms with E-state index in [1.807, 2.05) is 6.07 Å². The molecule has 0 unspecified atom stereocenters. The SMILES string of the molecule is NC(=O)C[C@H]1CCc2sc3nc(Nc4ccon4)cc(OC4CCC(N5CCOCC5)CC4)c3c21. The number of rotatable bonds is 7. The minimum Gasteiger partial charge on any atom is -0.490 e. The van der Waals surface area contributed by atoms with Crippen LogP contribution >= 0.6 is 11.3 Å². The summed E-state index contributed by atoms with van der Waals surface area (Å²) in [5.41, 5.74) is 6.79. The molecule has 4 heterocycles. The Bertz CT molecular complexity index is 1180. The molecule has 1 saturated carbocycles. The summed E-state index contributed by atoms with van der Waals surface area (Å²) in [6, 6.07) is 4.35. The number of primary amides is 1. The minimum atomic E-state index is -0.261. The summed E-state index contributed by atoms with van der Waals surface area (Å²) in [5, 5.41) is 8.24. The van der Waals surface area contributed by atoms with Crippen LogP contribution in [-0.4, -0.2) is 59.4 Å². The molecule has 1 saturated heterocycles. The van der Waals surface area contributed by atoms with Crippen molar-refractivity contribution in [2.24, 2.45) is 5.73 Å². The van der Waals surface area contributed by atoms with Crippen molar-refractivity contribution in [2.45, 2.75) is 63.0 Å². The molecule has 1 amide bonds. The molecule has 0 radical (unpaired) electrons. The molecule has 3 N–H and O–H groups in total. The number of carbonyl (C=O) groups is 1. The summed E-state index contributed by atoms with van der Waals surface area (Å²) in [7, 11) is 0. The first-order valence-corrected chi connectivity index (χ1v) is 13.4. The maximum absolute atomic E-state index is 11.8. The highest BCUT2D eigenvalue weighted by molar-refractivity contribution is 7.19. The predicted molar refractivity (Wildman–Crippen MR) is 133 cm³/mol. The molecule has 1 aliphatic heterocycles. The first kappa shape index (κ1) is 22.8. The Labute approximate surface area is 207 Å². The second-order valence-corrected chi connectivity index (χ2v) is 10.8. The van der Waals surface area contributed by atoms with Gasteiger partial charge in [-0.15, -0.1) is 11.3 Å². The van der Waals surface area contributed by atoms with E-state index in [2.05, 4.69) is 15.4 Å². The Morgan fingerprint density at radius 2 is 2.03 bits per heavy atom.